The first-order valence-corrected chi connectivity index (χ1v) is 7.63. The molecule has 1 aromatic heterocycles. The quantitative estimate of drug-likeness (QED) is 0.804. The molecule has 21 heavy (non-hydrogen) atoms. The highest BCUT2D eigenvalue weighted by Gasteiger charge is 2.14. The Kier molecular flexibility index (Phi) is 4.84. The number of nitrogens with zero attached hydrogens (tertiary/aromatic N) is 2. The van der Waals surface area contributed by atoms with E-state index in [-0.39, 0.29) is 12.0 Å². The van der Waals surface area contributed by atoms with E-state index in [2.05, 4.69) is 67.2 Å². The highest BCUT2D eigenvalue weighted by Crippen LogP contribution is 2.26. The molecule has 1 unspecified atom stereocenters. The van der Waals surface area contributed by atoms with Crippen LogP contribution in [0.4, 0.5) is 5.82 Å². The Morgan fingerprint density at radius 2 is 1.62 bits per heavy atom. The summed E-state index contributed by atoms with van der Waals surface area (Å²) in [5.74, 6) is 1.83. The molecule has 1 atom stereocenters. The van der Waals surface area contributed by atoms with Crippen LogP contribution < -0.4 is 5.32 Å². The molecule has 0 fully saturated rings. The second kappa shape index (κ2) is 6.44. The zero-order chi connectivity index (χ0) is 15.6. The van der Waals surface area contributed by atoms with E-state index in [0.717, 1.165) is 17.2 Å². The van der Waals surface area contributed by atoms with Gasteiger partial charge in [-0.2, -0.15) is 0 Å². The molecule has 3 nitrogen and oxygen atoms in total. The third-order valence-corrected chi connectivity index (χ3v) is 3.92. The molecule has 2 rings (SSSR count). The van der Waals surface area contributed by atoms with Crippen LogP contribution in [0, 0.1) is 13.8 Å². The first kappa shape index (κ1) is 15.8. The molecule has 1 N–H and O–H groups in total. The lowest BCUT2D eigenvalue weighted by Crippen LogP contribution is -2.12. The fraction of sp³-hybridized carbons (Fsp3) is 0.412. The minimum atomic E-state index is 0.162. The summed E-state index contributed by atoms with van der Waals surface area (Å²) in [6, 6.07) is 8.66. The molecular formula is C17H22ClN3. The fourth-order valence-electron chi connectivity index (χ4n) is 2.05. The van der Waals surface area contributed by atoms with Crippen molar-refractivity contribution in [3.8, 4) is 0 Å². The van der Waals surface area contributed by atoms with E-state index in [1.807, 2.05) is 6.92 Å². The normalized spacial score (nSPS) is 12.5. The van der Waals surface area contributed by atoms with Gasteiger partial charge in [-0.3, -0.25) is 0 Å². The summed E-state index contributed by atoms with van der Waals surface area (Å²) in [6.07, 6.45) is 0. The molecule has 1 heterocycles. The maximum absolute atomic E-state index is 6.22. The van der Waals surface area contributed by atoms with Gasteiger partial charge in [0.25, 0.3) is 0 Å². The van der Waals surface area contributed by atoms with Crippen molar-refractivity contribution in [2.24, 2.45) is 0 Å². The van der Waals surface area contributed by atoms with Crippen LogP contribution in [-0.2, 0) is 0 Å². The van der Waals surface area contributed by atoms with E-state index < -0.39 is 0 Å². The predicted molar refractivity (Wildman–Crippen MR) is 89.1 cm³/mol. The number of aryl methyl sites for hydroxylation is 1. The first-order valence-electron chi connectivity index (χ1n) is 7.25. The molecule has 0 spiro atoms. The Hall–Kier alpha value is -1.61. The summed E-state index contributed by atoms with van der Waals surface area (Å²) in [4.78, 5) is 8.95. The monoisotopic (exact) mass is 303 g/mol. The summed E-state index contributed by atoms with van der Waals surface area (Å²) >= 11 is 6.22. The van der Waals surface area contributed by atoms with Gasteiger partial charge in [-0.15, -0.1) is 0 Å². The van der Waals surface area contributed by atoms with Crippen LogP contribution in [0.15, 0.2) is 24.3 Å². The zero-order valence-electron chi connectivity index (χ0n) is 13.2. The number of aromatic nitrogens is 2. The molecule has 1 aromatic carbocycles. The van der Waals surface area contributed by atoms with Gasteiger partial charge in [-0.1, -0.05) is 55.3 Å². The minimum absolute atomic E-state index is 0.162. The Morgan fingerprint density at radius 3 is 2.19 bits per heavy atom. The van der Waals surface area contributed by atoms with Gasteiger partial charge in [0, 0.05) is 17.5 Å². The Balaban J connectivity index is 2.28. The topological polar surface area (TPSA) is 37.8 Å². The standard InChI is InChI=1S/C17H22ClN3/c1-10(2)16-20-15(18)12(4)17(21-16)19-13(5)14-8-6-11(3)7-9-14/h6-10,13H,1-5H3,(H,19,20,21). The van der Waals surface area contributed by atoms with Crippen molar-refractivity contribution in [1.29, 1.82) is 0 Å². The number of hydrogen-bond acceptors (Lipinski definition) is 3. The second-order valence-electron chi connectivity index (χ2n) is 5.78. The third-order valence-electron chi connectivity index (χ3n) is 3.55. The summed E-state index contributed by atoms with van der Waals surface area (Å²) in [7, 11) is 0. The van der Waals surface area contributed by atoms with Crippen LogP contribution in [0.2, 0.25) is 5.15 Å². The molecule has 0 aliphatic rings. The Bertz CT molecular complexity index is 621. The Labute approximate surface area is 131 Å². The van der Waals surface area contributed by atoms with Gasteiger partial charge in [0.2, 0.25) is 0 Å². The summed E-state index contributed by atoms with van der Waals surface area (Å²) in [6.45, 7) is 10.3. The number of nitrogens with one attached hydrogen (secondary N) is 1. The lowest BCUT2D eigenvalue weighted by atomic mass is 10.1. The van der Waals surface area contributed by atoms with Crippen molar-refractivity contribution in [3.63, 3.8) is 0 Å². The van der Waals surface area contributed by atoms with Crippen LogP contribution in [0.5, 0.6) is 0 Å². The van der Waals surface area contributed by atoms with E-state index in [0.29, 0.717) is 5.15 Å². The average molecular weight is 304 g/mol. The van der Waals surface area contributed by atoms with E-state index in [1.165, 1.54) is 11.1 Å². The summed E-state index contributed by atoms with van der Waals surface area (Å²) in [5.41, 5.74) is 3.37. The minimum Gasteiger partial charge on any atom is -0.363 e. The van der Waals surface area contributed by atoms with E-state index in [4.69, 9.17) is 11.6 Å². The first-order chi connectivity index (χ1) is 9.88. The number of hydrogen-bond donors (Lipinski definition) is 1. The molecule has 0 saturated heterocycles. The number of halogens is 1. The Morgan fingerprint density at radius 1 is 1.00 bits per heavy atom. The van der Waals surface area contributed by atoms with Crippen molar-refractivity contribution in [3.05, 3.63) is 51.9 Å². The van der Waals surface area contributed by atoms with Gasteiger partial charge >= 0.3 is 0 Å². The molecule has 0 aliphatic heterocycles. The van der Waals surface area contributed by atoms with E-state index >= 15 is 0 Å². The molecular weight excluding hydrogens is 282 g/mol. The van der Waals surface area contributed by atoms with Crippen LogP contribution in [-0.4, -0.2) is 9.97 Å². The maximum atomic E-state index is 6.22. The van der Waals surface area contributed by atoms with Crippen molar-refractivity contribution in [1.82, 2.24) is 9.97 Å². The molecule has 2 aromatic rings. The predicted octanol–water partition coefficient (Wildman–Crippen LogP) is 5.04. The lowest BCUT2D eigenvalue weighted by molar-refractivity contribution is 0.765. The van der Waals surface area contributed by atoms with Gasteiger partial charge < -0.3 is 5.32 Å². The zero-order valence-corrected chi connectivity index (χ0v) is 14.0. The van der Waals surface area contributed by atoms with Crippen LogP contribution in [0.25, 0.3) is 0 Å². The number of rotatable bonds is 4. The maximum Gasteiger partial charge on any atom is 0.137 e. The van der Waals surface area contributed by atoms with Crippen LogP contribution in [0.3, 0.4) is 0 Å². The van der Waals surface area contributed by atoms with Gasteiger partial charge in [-0.05, 0) is 26.3 Å². The van der Waals surface area contributed by atoms with Crippen molar-refractivity contribution in [2.45, 2.75) is 46.6 Å². The van der Waals surface area contributed by atoms with Gasteiger partial charge in [-0.25, -0.2) is 9.97 Å². The molecule has 4 heteroatoms. The highest BCUT2D eigenvalue weighted by molar-refractivity contribution is 6.30. The smallest absolute Gasteiger partial charge is 0.137 e. The largest absolute Gasteiger partial charge is 0.363 e. The van der Waals surface area contributed by atoms with Crippen molar-refractivity contribution in [2.75, 3.05) is 5.32 Å². The van der Waals surface area contributed by atoms with Crippen molar-refractivity contribution < 1.29 is 0 Å². The summed E-state index contributed by atoms with van der Waals surface area (Å²) < 4.78 is 0. The fourth-order valence-corrected chi connectivity index (χ4v) is 2.22. The molecule has 0 saturated carbocycles. The van der Waals surface area contributed by atoms with Gasteiger partial charge in [0.05, 0.1) is 0 Å². The summed E-state index contributed by atoms with van der Waals surface area (Å²) in [5, 5.41) is 3.97. The third kappa shape index (κ3) is 3.73. The lowest BCUT2D eigenvalue weighted by Gasteiger charge is -2.18. The SMILES string of the molecule is Cc1ccc(C(C)Nc2nc(C(C)C)nc(Cl)c2C)cc1. The molecule has 0 aliphatic carbocycles. The molecule has 0 radical (unpaired) electrons. The second-order valence-corrected chi connectivity index (χ2v) is 6.14. The number of anilines is 1. The van der Waals surface area contributed by atoms with Crippen LogP contribution in [0.1, 0.15) is 55.2 Å². The molecule has 112 valence electrons. The van der Waals surface area contributed by atoms with E-state index in [9.17, 15) is 0 Å². The highest BCUT2D eigenvalue weighted by atomic mass is 35.5. The molecule has 0 amide bonds. The van der Waals surface area contributed by atoms with E-state index in [1.54, 1.807) is 0 Å². The van der Waals surface area contributed by atoms with Gasteiger partial charge in [0.15, 0.2) is 0 Å². The van der Waals surface area contributed by atoms with Crippen LogP contribution >= 0.6 is 11.6 Å². The molecule has 0 bridgehead atoms. The average Bonchev–Trinajstić information content (AvgIpc) is 2.44. The van der Waals surface area contributed by atoms with Crippen molar-refractivity contribution >= 4 is 17.4 Å². The van der Waals surface area contributed by atoms with Gasteiger partial charge in [0.1, 0.15) is 16.8 Å². The number of benzene rings is 1.